The SMILES string of the molecule is CC(=O)[O-].CC1=C2C[C@H]3[C@@H](CC[C@@H]4CC(=NO)CC[C@@]43C)[C@@H]2CC[C@@]2(C1)O[C@@H]1C[C@H](C)CN(C(=O)OCc3ccccc3)[C@H]1[C@H]2C.CC1=C2C[C@H]3[C@@H](CC[C@@H]4CC(=O)CC[C@@]43C)[C@@H]2CC[C@@]2(C1)O[C@@H]1C[C@H](C)CN(C(=O)OCc3ccccc3)[C@H]1[C@H]2C.NOCl.[Na+]. The molecule has 0 aromatic heterocycles. The summed E-state index contributed by atoms with van der Waals surface area (Å²) >= 11 is 4.28. The van der Waals surface area contributed by atoms with E-state index < -0.39 is 5.97 Å². The minimum absolute atomic E-state index is 0. The number of amides is 2. The molecule has 4 saturated heterocycles. The Kier molecular flexibility index (Phi) is 22.2. The summed E-state index contributed by atoms with van der Waals surface area (Å²) in [6.45, 7) is 22.2. The summed E-state index contributed by atoms with van der Waals surface area (Å²) in [4.78, 5) is 52.3. The van der Waals surface area contributed by atoms with Crippen LogP contribution in [0.15, 0.2) is 88.1 Å². The maximum atomic E-state index is 13.5. The molecule has 2 amide bonds. The van der Waals surface area contributed by atoms with Crippen LogP contribution in [0.25, 0.3) is 0 Å². The number of ether oxygens (including phenoxy) is 4. The molecule has 6 saturated carbocycles. The zero-order chi connectivity index (χ0) is 64.0. The maximum Gasteiger partial charge on any atom is 1.00 e. The van der Waals surface area contributed by atoms with Crippen LogP contribution in [0.5, 0.6) is 0 Å². The van der Waals surface area contributed by atoms with Crippen LogP contribution in [0.4, 0.5) is 9.59 Å². The molecule has 3 N–H and O–H groups in total. The largest absolute Gasteiger partial charge is 1.00 e. The fourth-order valence-corrected chi connectivity index (χ4v) is 21.8. The Bertz CT molecular complexity index is 3020. The van der Waals surface area contributed by atoms with E-state index in [-0.39, 0.29) is 89.1 Å². The third-order valence-electron chi connectivity index (χ3n) is 26.2. The summed E-state index contributed by atoms with van der Waals surface area (Å²) < 4.78 is 29.3. The molecule has 4 aliphatic heterocycles. The predicted molar refractivity (Wildman–Crippen MR) is 344 cm³/mol. The molecule has 2 aromatic carbocycles. The van der Waals surface area contributed by atoms with E-state index >= 15 is 0 Å². The van der Waals surface area contributed by atoms with E-state index in [0.29, 0.717) is 65.3 Å². The Morgan fingerprint density at radius 3 is 1.48 bits per heavy atom. The number of halogens is 1. The number of likely N-dealkylation sites (tertiary alicyclic amines) is 2. The van der Waals surface area contributed by atoms with Gasteiger partial charge in [0.15, 0.2) is 0 Å². The monoisotopic (exact) mass is 1280 g/mol. The van der Waals surface area contributed by atoms with Gasteiger partial charge in [0.1, 0.15) is 19.0 Å². The van der Waals surface area contributed by atoms with Crippen molar-refractivity contribution in [2.24, 2.45) is 92.9 Å². The van der Waals surface area contributed by atoms with Crippen LogP contribution in [0.2, 0.25) is 0 Å². The maximum absolute atomic E-state index is 13.5. The number of benzene rings is 2. The van der Waals surface area contributed by atoms with E-state index in [9.17, 15) is 19.6 Å². The van der Waals surface area contributed by atoms with Crippen molar-refractivity contribution in [1.82, 2.24) is 9.80 Å². The Morgan fingerprint density at radius 2 is 1.07 bits per heavy atom. The van der Waals surface area contributed by atoms with Crippen LogP contribution in [0.3, 0.4) is 0 Å². The van der Waals surface area contributed by atoms with Gasteiger partial charge in [-0.2, -0.15) is 10.3 Å². The molecule has 0 radical (unpaired) electrons. The van der Waals surface area contributed by atoms with Gasteiger partial charge in [-0.15, -0.1) is 0 Å². The Balaban J connectivity index is 0.000000180. The quantitative estimate of drug-likeness (QED) is 0.127. The Labute approximate surface area is 569 Å². The number of carbonyl (C=O) groups excluding carboxylic acids is 4. The molecule has 20 atom stereocenters. The van der Waals surface area contributed by atoms with Gasteiger partial charge in [0.25, 0.3) is 0 Å². The van der Waals surface area contributed by atoms with Crippen LogP contribution in [0, 0.1) is 81.8 Å². The molecular formula is C74H104ClN4NaO11. The fourth-order valence-electron chi connectivity index (χ4n) is 21.8. The summed E-state index contributed by atoms with van der Waals surface area (Å²) in [6.07, 6.45) is 21.7. The van der Waals surface area contributed by atoms with Gasteiger partial charge in [-0.05, 0) is 217 Å². The van der Waals surface area contributed by atoms with Crippen molar-refractivity contribution in [2.75, 3.05) is 13.1 Å². The molecule has 2 aromatic rings. The van der Waals surface area contributed by atoms with Gasteiger partial charge >= 0.3 is 41.7 Å². The number of rotatable bonds is 4. The summed E-state index contributed by atoms with van der Waals surface area (Å²) in [5.74, 6) is 10.5. The summed E-state index contributed by atoms with van der Waals surface area (Å²) in [7, 11) is 0. The smallest absolute Gasteiger partial charge is 0.550 e. The van der Waals surface area contributed by atoms with Crippen LogP contribution < -0.4 is 40.6 Å². The second-order valence-electron chi connectivity index (χ2n) is 31.0. The number of hydrogen-bond donors (Lipinski definition) is 2. The molecule has 15 nitrogen and oxygen atoms in total. The first-order valence-corrected chi connectivity index (χ1v) is 34.9. The number of carbonyl (C=O) groups is 4. The number of ketones is 1. The van der Waals surface area contributed by atoms with E-state index in [2.05, 4.69) is 82.7 Å². The summed E-state index contributed by atoms with van der Waals surface area (Å²) in [5.41, 5.74) is 9.94. The van der Waals surface area contributed by atoms with Gasteiger partial charge in [-0.1, -0.05) is 130 Å². The second kappa shape index (κ2) is 28.9. The average molecular weight is 1280 g/mol. The molecule has 0 unspecified atom stereocenters. The van der Waals surface area contributed by atoms with Gasteiger partial charge in [-0.3, -0.25) is 4.79 Å². The van der Waals surface area contributed by atoms with Gasteiger partial charge in [0.05, 0.1) is 53.1 Å². The van der Waals surface area contributed by atoms with Crippen LogP contribution in [0.1, 0.15) is 202 Å². The van der Waals surface area contributed by atoms with Crippen LogP contribution >= 0.6 is 11.9 Å². The van der Waals surface area contributed by atoms with Crippen molar-refractivity contribution in [2.45, 2.75) is 239 Å². The van der Waals surface area contributed by atoms with Crippen molar-refractivity contribution in [3.63, 3.8) is 0 Å². The number of hydrogen-bond acceptors (Lipinski definition) is 13. The molecule has 10 fully saturated rings. The minimum Gasteiger partial charge on any atom is -0.550 e. The molecular weight excluding hydrogens is 1180 g/mol. The van der Waals surface area contributed by atoms with E-state index in [1.807, 2.05) is 70.5 Å². The first kappa shape index (κ1) is 70.0. The van der Waals surface area contributed by atoms with E-state index in [4.69, 9.17) is 28.8 Å². The van der Waals surface area contributed by atoms with Gasteiger partial charge in [0.2, 0.25) is 0 Å². The van der Waals surface area contributed by atoms with Gasteiger partial charge < -0.3 is 43.9 Å². The predicted octanol–water partition coefficient (Wildman–Crippen LogP) is 11.5. The van der Waals surface area contributed by atoms with E-state index in [0.717, 1.165) is 131 Å². The Morgan fingerprint density at radius 1 is 0.659 bits per heavy atom. The van der Waals surface area contributed by atoms with Crippen molar-refractivity contribution >= 4 is 41.5 Å². The van der Waals surface area contributed by atoms with Crippen molar-refractivity contribution in [3.8, 4) is 0 Å². The van der Waals surface area contributed by atoms with Crippen molar-refractivity contribution < 1.29 is 82.4 Å². The molecule has 8 aliphatic carbocycles. The number of fused-ring (bicyclic) bond motifs is 12. The average Bonchev–Trinajstić information content (AvgIpc) is 1.61. The normalized spacial score (nSPS) is 40.4. The van der Waals surface area contributed by atoms with Crippen LogP contribution in [-0.2, 0) is 46.1 Å². The van der Waals surface area contributed by atoms with Gasteiger partial charge in [0, 0.05) is 43.7 Å². The number of piperidine rings is 2. The molecule has 91 heavy (non-hydrogen) atoms. The number of allylic oxidation sites excluding steroid dienone is 2. The van der Waals surface area contributed by atoms with Gasteiger partial charge in [-0.25, -0.2) is 9.59 Å². The zero-order valence-electron chi connectivity index (χ0n) is 56.3. The third kappa shape index (κ3) is 13.8. The molecule has 17 heteroatoms. The summed E-state index contributed by atoms with van der Waals surface area (Å²) in [6, 6.07) is 20.1. The number of carboxylic acids is 1. The number of nitrogens with two attached hydrogens (primary N) is 1. The topological polar surface area (TPSA) is 203 Å². The number of nitrogens with zero attached hydrogens (tertiary/aromatic N) is 3. The Hall–Kier alpha value is -3.80. The molecule has 494 valence electrons. The summed E-state index contributed by atoms with van der Waals surface area (Å²) in [5, 5.41) is 22.0. The first-order valence-electron chi connectivity index (χ1n) is 34.6. The fraction of sp³-hybridized carbons (Fsp3) is 0.716. The molecule has 2 spiro atoms. The number of aliphatic carboxylic acids is 1. The number of Topliss-reactive ketones (excluding diaryl/α,β-unsaturated/α-hetero) is 1. The van der Waals surface area contributed by atoms with E-state index in [1.54, 1.807) is 22.3 Å². The molecule has 0 bridgehead atoms. The number of oxime groups is 1. The first-order chi connectivity index (χ1) is 43.0. The zero-order valence-corrected chi connectivity index (χ0v) is 59.1. The standard InChI is InChI=1S/C36H50N2O4.C36H49NO4.C2H4O2.ClH2NO.Na/c1-22-16-32-33(38(20-22)34(39)41-21-25-8-6-5-7-9-25)24(3)36(42-32)15-13-28-29-11-10-26-17-27(37-40)12-14-35(26,4)31(29)18-30(28)23(2)19-36;1-22-16-32-33(37(20-22)34(39)40-21-25-8-6-5-7-9-25)24(3)36(41-32)15-13-28-29-11-10-26-17-27(38)12-14-35(26,4)31(29)18-30(28)23(2)19-36;1-2(3)4;1-3-2;/h5-9,22,24,26,28-29,31-33,40H,10-21H2,1-4H3;5-9,22,24,26,28-29,31-33H,10-21H2,1-4H3;1H3,(H,3,4);2H2;/q;;;;+1/p-1/t2*22-,24+,26+,28-,29-,31-,32+,33-,35-,36-;;;/m00.../s1. The van der Waals surface area contributed by atoms with Crippen molar-refractivity contribution in [3.05, 3.63) is 94.1 Å². The molecule has 14 rings (SSSR count). The molecule has 4 heterocycles. The van der Waals surface area contributed by atoms with E-state index in [1.165, 1.54) is 57.8 Å². The minimum atomic E-state index is -1.08. The molecule has 12 aliphatic rings. The number of carboxylic acid groups (broad SMARTS) is 1. The second-order valence-corrected chi connectivity index (χ2v) is 31.2. The third-order valence-corrected chi connectivity index (χ3v) is 26.2. The van der Waals surface area contributed by atoms with Crippen molar-refractivity contribution in [1.29, 1.82) is 0 Å². The van der Waals surface area contributed by atoms with Crippen LogP contribution in [-0.4, -0.2) is 93.2 Å².